The van der Waals surface area contributed by atoms with Crippen LogP contribution in [-0.2, 0) is 18.1 Å². The zero-order chi connectivity index (χ0) is 10.5. The second-order valence-electron chi connectivity index (χ2n) is 1.82. The van der Waals surface area contributed by atoms with Crippen LogP contribution in [0.25, 0.3) is 0 Å². The van der Waals surface area contributed by atoms with Crippen molar-refractivity contribution in [2.24, 2.45) is 5.73 Å². The molecule has 0 aliphatic carbocycles. The van der Waals surface area contributed by atoms with Gasteiger partial charge in [0.05, 0.1) is 0 Å². The largest absolute Gasteiger partial charge is 0.497 e. The fourth-order valence-corrected chi connectivity index (χ4v) is 1.80. The van der Waals surface area contributed by atoms with Crippen LogP contribution in [0.15, 0.2) is 0 Å². The lowest BCUT2D eigenvalue weighted by Crippen LogP contribution is -2.21. The molecule has 0 aliphatic heterocycles. The number of phosphoric acid groups is 2. The van der Waals surface area contributed by atoms with E-state index in [9.17, 15) is 9.13 Å². The molecule has 0 aromatic carbocycles. The van der Waals surface area contributed by atoms with E-state index in [4.69, 9.17) is 20.4 Å². The van der Waals surface area contributed by atoms with Gasteiger partial charge in [-0.15, -0.1) is 0 Å². The maximum atomic E-state index is 10.6. The van der Waals surface area contributed by atoms with Crippen LogP contribution in [0.3, 0.4) is 0 Å². The van der Waals surface area contributed by atoms with Gasteiger partial charge >= 0.3 is 15.6 Å². The molecule has 0 bridgehead atoms. The quantitative estimate of drug-likeness (QED) is 0.214. The molecule has 0 amide bonds. The predicted octanol–water partition coefficient (Wildman–Crippen LogP) is -1.32. The first-order valence-corrected chi connectivity index (χ1v) is 6.00. The highest BCUT2D eigenvalue weighted by Gasteiger charge is 2.32. The zero-order valence-corrected chi connectivity index (χ0v) is 8.15. The summed E-state index contributed by atoms with van der Waals surface area (Å²) < 4.78 is 28.0. The Balaban J connectivity index is 3.95. The molecule has 11 heteroatoms. The predicted molar refractivity (Wildman–Crippen MR) is 41.1 cm³/mol. The average Bonchev–Trinajstić information content (AvgIpc) is 1.81. The van der Waals surface area contributed by atoms with E-state index in [0.717, 1.165) is 0 Å². The summed E-state index contributed by atoms with van der Waals surface area (Å²) in [4.78, 5) is 24.9. The fourth-order valence-electron chi connectivity index (χ4n) is 0.337. The van der Waals surface area contributed by atoms with Crippen LogP contribution in [0.1, 0.15) is 0 Å². The Labute approximate surface area is 73.7 Å². The minimum Gasteiger partial charge on any atom is -0.329 e. The molecule has 0 radical (unpaired) electrons. The molecule has 0 rings (SSSR count). The Morgan fingerprint density at radius 2 is 1.85 bits per heavy atom. The van der Waals surface area contributed by atoms with Crippen LogP contribution >= 0.6 is 15.6 Å². The molecular weight excluding hydrogens is 226 g/mol. The van der Waals surface area contributed by atoms with Gasteiger partial charge in [-0.2, -0.15) is 14.4 Å². The number of hydrogen-bond acceptors (Lipinski definition) is 6. The third-order valence-corrected chi connectivity index (χ3v) is 2.67. The van der Waals surface area contributed by atoms with E-state index >= 15 is 0 Å². The first-order valence-electron chi connectivity index (χ1n) is 2.98. The molecule has 0 aromatic heterocycles. The Bertz CT molecular complexity index is 237. The maximum absolute atomic E-state index is 10.6. The van der Waals surface area contributed by atoms with Crippen molar-refractivity contribution < 1.29 is 32.7 Å². The van der Waals surface area contributed by atoms with Crippen molar-refractivity contribution in [3.8, 4) is 0 Å². The first kappa shape index (κ1) is 13.2. The normalized spacial score (nSPS) is 16.9. The molecule has 0 saturated heterocycles. The van der Waals surface area contributed by atoms with Crippen molar-refractivity contribution in [1.29, 1.82) is 0 Å². The van der Waals surface area contributed by atoms with Crippen LogP contribution < -0.4 is 11.2 Å². The highest BCUT2D eigenvalue weighted by atomic mass is 31.3. The lowest BCUT2D eigenvalue weighted by atomic mass is 10.7. The topological polar surface area (TPSA) is 151 Å². The van der Waals surface area contributed by atoms with Crippen molar-refractivity contribution in [2.45, 2.75) is 0 Å². The molecule has 0 heterocycles. The summed E-state index contributed by atoms with van der Waals surface area (Å²) in [5.41, 5.74) is 6.87. The van der Waals surface area contributed by atoms with Gasteiger partial charge in [0.1, 0.15) is 0 Å². The van der Waals surface area contributed by atoms with E-state index in [1.807, 2.05) is 5.48 Å². The molecule has 0 fully saturated rings. The van der Waals surface area contributed by atoms with Crippen molar-refractivity contribution in [3.05, 3.63) is 0 Å². The minimum atomic E-state index is -5.05. The highest BCUT2D eigenvalue weighted by Crippen LogP contribution is 2.56. The molecule has 1 unspecified atom stereocenters. The van der Waals surface area contributed by atoms with E-state index in [1.165, 1.54) is 0 Å². The smallest absolute Gasteiger partial charge is 0.329 e. The third-order valence-electron chi connectivity index (χ3n) is 0.636. The molecular formula is C2H10N2O7P2. The SMILES string of the molecule is NCCNOP(=O)(O)OP(=O)(O)O. The summed E-state index contributed by atoms with van der Waals surface area (Å²) >= 11 is 0. The molecule has 0 spiro atoms. The van der Waals surface area contributed by atoms with Crippen LogP contribution in [0, 0.1) is 0 Å². The lowest BCUT2D eigenvalue weighted by molar-refractivity contribution is 0.121. The summed E-state index contributed by atoms with van der Waals surface area (Å²) in [7, 11) is -9.82. The van der Waals surface area contributed by atoms with Gasteiger partial charge in [-0.1, -0.05) is 0 Å². The van der Waals surface area contributed by atoms with E-state index in [-0.39, 0.29) is 13.1 Å². The second-order valence-corrected chi connectivity index (χ2v) is 4.57. The van der Waals surface area contributed by atoms with E-state index in [0.29, 0.717) is 0 Å². The van der Waals surface area contributed by atoms with Gasteiger partial charge in [-0.25, -0.2) is 9.13 Å². The van der Waals surface area contributed by atoms with Crippen LogP contribution in [0.4, 0.5) is 0 Å². The third kappa shape index (κ3) is 8.51. The van der Waals surface area contributed by atoms with Crippen molar-refractivity contribution in [3.63, 3.8) is 0 Å². The van der Waals surface area contributed by atoms with E-state index in [1.54, 1.807) is 0 Å². The summed E-state index contributed by atoms with van der Waals surface area (Å²) in [5.74, 6) is 0. The average molecular weight is 236 g/mol. The number of hydrogen-bond donors (Lipinski definition) is 5. The van der Waals surface area contributed by atoms with Gasteiger partial charge in [0, 0.05) is 13.1 Å². The highest BCUT2D eigenvalue weighted by molar-refractivity contribution is 7.60. The Morgan fingerprint density at radius 1 is 1.31 bits per heavy atom. The van der Waals surface area contributed by atoms with E-state index in [2.05, 4.69) is 8.94 Å². The molecule has 80 valence electrons. The standard InChI is InChI=1S/C2H10N2O7P2/c3-1-2-4-10-13(8,9)11-12(5,6)7/h4H,1-3H2,(H,8,9)(H2,5,6,7). The number of nitrogens with one attached hydrogen (secondary N) is 1. The number of hydroxylamine groups is 1. The maximum Gasteiger partial charge on any atom is 0.497 e. The minimum absolute atomic E-state index is 0.0368. The van der Waals surface area contributed by atoms with Gasteiger partial charge in [-0.05, 0) is 0 Å². The molecule has 1 atom stereocenters. The van der Waals surface area contributed by atoms with Crippen molar-refractivity contribution in [1.82, 2.24) is 5.48 Å². The van der Waals surface area contributed by atoms with Crippen LogP contribution in [0.2, 0.25) is 0 Å². The molecule has 9 nitrogen and oxygen atoms in total. The monoisotopic (exact) mass is 236 g/mol. The van der Waals surface area contributed by atoms with E-state index < -0.39 is 15.6 Å². The Morgan fingerprint density at radius 3 is 2.23 bits per heavy atom. The first-order chi connectivity index (χ1) is 5.77. The van der Waals surface area contributed by atoms with Crippen LogP contribution in [-0.4, -0.2) is 27.8 Å². The van der Waals surface area contributed by atoms with Gasteiger partial charge in [0.2, 0.25) is 0 Å². The summed E-state index contributed by atoms with van der Waals surface area (Å²) in [6.45, 7) is 0.158. The summed E-state index contributed by atoms with van der Waals surface area (Å²) in [6, 6.07) is 0. The summed E-state index contributed by atoms with van der Waals surface area (Å²) in [5, 5.41) is 0. The molecule has 0 aliphatic rings. The summed E-state index contributed by atoms with van der Waals surface area (Å²) in [6.07, 6.45) is 0. The van der Waals surface area contributed by atoms with Crippen LogP contribution in [0.5, 0.6) is 0 Å². The molecule has 13 heavy (non-hydrogen) atoms. The molecule has 0 saturated carbocycles. The van der Waals surface area contributed by atoms with Gasteiger partial charge < -0.3 is 20.4 Å². The van der Waals surface area contributed by atoms with Crippen molar-refractivity contribution in [2.75, 3.05) is 13.1 Å². The zero-order valence-electron chi connectivity index (χ0n) is 6.36. The lowest BCUT2D eigenvalue weighted by Gasteiger charge is -2.11. The Kier molecular flexibility index (Phi) is 5.23. The fraction of sp³-hybridized carbons (Fsp3) is 1.00. The molecule has 0 aromatic rings. The molecule has 6 N–H and O–H groups in total. The van der Waals surface area contributed by atoms with Gasteiger partial charge in [0.25, 0.3) is 0 Å². The second kappa shape index (κ2) is 5.16. The van der Waals surface area contributed by atoms with Crippen molar-refractivity contribution >= 4 is 15.6 Å². The van der Waals surface area contributed by atoms with Gasteiger partial charge in [-0.3, -0.25) is 0 Å². The Hall–Kier alpha value is 0.180. The number of nitrogens with two attached hydrogens (primary N) is 1. The van der Waals surface area contributed by atoms with Gasteiger partial charge in [0.15, 0.2) is 0 Å². The number of rotatable bonds is 6.